The van der Waals surface area contributed by atoms with Crippen LogP contribution in [-0.4, -0.2) is 101 Å². The summed E-state index contributed by atoms with van der Waals surface area (Å²) < 4.78 is 6.14. The third-order valence-corrected chi connectivity index (χ3v) is 9.68. The van der Waals surface area contributed by atoms with Crippen molar-refractivity contribution in [3.8, 4) is 17.1 Å². The Morgan fingerprint density at radius 1 is 1.11 bits per heavy atom. The molecule has 2 aromatic rings. The molecule has 1 saturated heterocycles. The summed E-state index contributed by atoms with van der Waals surface area (Å²) in [6.45, 7) is 2.62. The summed E-state index contributed by atoms with van der Waals surface area (Å²) in [5.74, 6) is -5.69. The summed E-state index contributed by atoms with van der Waals surface area (Å²) >= 11 is 0. The molecule has 0 radical (unpaired) electrons. The molecule has 1 saturated carbocycles. The van der Waals surface area contributed by atoms with Crippen LogP contribution < -0.4 is 10.6 Å². The SMILES string of the molecule is CN(C)c1cc(-c2ccc(CN3CCCC3)o2)c(O)c2c1C[C@H]1C[C@H]3[C@H](N(C)C)C(=O)C(C(N)=O)=C(O)[C@@]3(O)C(=O)C1=C2O. The van der Waals surface area contributed by atoms with Crippen molar-refractivity contribution >= 4 is 28.9 Å². The average molecular weight is 607 g/mol. The fraction of sp³-hybridized carbons (Fsp3) is 0.469. The quantitative estimate of drug-likeness (QED) is 0.303. The summed E-state index contributed by atoms with van der Waals surface area (Å²) in [5.41, 5.74) is 3.32. The van der Waals surface area contributed by atoms with Crippen molar-refractivity contribution in [2.45, 2.75) is 43.9 Å². The number of hydrogen-bond acceptors (Lipinski definition) is 11. The zero-order valence-electron chi connectivity index (χ0n) is 25.3. The Morgan fingerprint density at radius 3 is 2.41 bits per heavy atom. The monoisotopic (exact) mass is 606 g/mol. The van der Waals surface area contributed by atoms with Crippen LogP contribution in [0.1, 0.15) is 36.1 Å². The van der Waals surface area contributed by atoms with Crippen molar-refractivity contribution in [3.05, 3.63) is 52.0 Å². The molecule has 2 fully saturated rings. The number of fused-ring (bicyclic) bond motifs is 3. The normalized spacial score (nSPS) is 27.1. The first-order chi connectivity index (χ1) is 20.8. The molecule has 0 spiro atoms. The summed E-state index contributed by atoms with van der Waals surface area (Å²) in [4.78, 5) is 45.3. The summed E-state index contributed by atoms with van der Waals surface area (Å²) in [6, 6.07) is 4.26. The topological polar surface area (TPSA) is 181 Å². The van der Waals surface area contributed by atoms with E-state index in [9.17, 15) is 34.8 Å². The van der Waals surface area contributed by atoms with Gasteiger partial charge in [-0.1, -0.05) is 0 Å². The van der Waals surface area contributed by atoms with Crippen LogP contribution in [0.25, 0.3) is 17.1 Å². The maximum absolute atomic E-state index is 14.2. The third kappa shape index (κ3) is 4.26. The number of aliphatic hydroxyl groups is 3. The predicted molar refractivity (Wildman–Crippen MR) is 161 cm³/mol. The molecule has 2 heterocycles. The van der Waals surface area contributed by atoms with Gasteiger partial charge in [0.05, 0.1) is 23.7 Å². The number of amides is 1. The molecule has 1 aromatic carbocycles. The number of hydrogen-bond donors (Lipinski definition) is 5. The second-order valence-corrected chi connectivity index (χ2v) is 12.8. The standard InChI is InChI=1S/C32H38N4O8/c1-34(2)20-13-18(21-8-7-16(44-21)14-36-9-5-6-10-36)26(37)23-17(20)11-15-12-19-25(35(3)4)28(39)24(31(33)42)30(41)32(19,43)29(40)22(15)27(23)38/h7-8,13,15,19,25,37-38,41,43H,5-6,9-12,14H2,1-4H3,(H2,33,42)/t15-,19-,25-,32-/m0/s1. The summed E-state index contributed by atoms with van der Waals surface area (Å²) in [5, 5.41) is 46.3. The number of anilines is 1. The smallest absolute Gasteiger partial charge is 0.255 e. The van der Waals surface area contributed by atoms with Crippen LogP contribution in [0, 0.1) is 11.8 Å². The molecule has 234 valence electrons. The second kappa shape index (κ2) is 10.5. The van der Waals surface area contributed by atoms with Crippen LogP contribution in [-0.2, 0) is 27.3 Å². The number of benzene rings is 1. The van der Waals surface area contributed by atoms with Crippen molar-refractivity contribution in [3.63, 3.8) is 0 Å². The van der Waals surface area contributed by atoms with Gasteiger partial charge in [-0.3, -0.25) is 24.2 Å². The number of phenolic OH excluding ortho intramolecular Hbond substituents is 1. The van der Waals surface area contributed by atoms with E-state index in [0.717, 1.165) is 31.7 Å². The lowest BCUT2D eigenvalue weighted by Gasteiger charge is -2.50. The minimum Gasteiger partial charge on any atom is -0.508 e. The number of nitrogens with two attached hydrogens (primary N) is 1. The first kappa shape index (κ1) is 29.9. The van der Waals surface area contributed by atoms with Crippen LogP contribution in [0.15, 0.2) is 39.5 Å². The number of nitrogens with zero attached hydrogens (tertiary/aromatic N) is 3. The molecular weight excluding hydrogens is 568 g/mol. The highest BCUT2D eigenvalue weighted by molar-refractivity contribution is 6.24. The van der Waals surface area contributed by atoms with Gasteiger partial charge in [-0.25, -0.2) is 0 Å². The highest BCUT2D eigenvalue weighted by Crippen LogP contribution is 2.55. The number of aliphatic hydroxyl groups excluding tert-OH is 2. The number of ketones is 2. The Balaban J connectivity index is 1.50. The van der Waals surface area contributed by atoms with E-state index in [0.29, 0.717) is 29.1 Å². The van der Waals surface area contributed by atoms with Gasteiger partial charge in [0.25, 0.3) is 5.91 Å². The van der Waals surface area contributed by atoms with E-state index in [1.807, 2.05) is 25.1 Å². The van der Waals surface area contributed by atoms with Gasteiger partial charge >= 0.3 is 0 Å². The molecule has 12 heteroatoms. The van der Waals surface area contributed by atoms with Gasteiger partial charge in [-0.05, 0) is 82.5 Å². The summed E-state index contributed by atoms with van der Waals surface area (Å²) in [7, 11) is 6.80. The van der Waals surface area contributed by atoms with Crippen molar-refractivity contribution < 1.29 is 39.2 Å². The van der Waals surface area contributed by atoms with Gasteiger partial charge in [-0.2, -0.15) is 0 Å². The Hall–Kier alpha value is -4.13. The Bertz CT molecular complexity index is 1650. The van der Waals surface area contributed by atoms with Gasteiger partial charge < -0.3 is 35.5 Å². The van der Waals surface area contributed by atoms with Crippen molar-refractivity contribution in [2.75, 3.05) is 46.2 Å². The zero-order chi connectivity index (χ0) is 31.8. The molecular formula is C32H38N4O8. The van der Waals surface area contributed by atoms with E-state index < -0.39 is 58.0 Å². The fourth-order valence-corrected chi connectivity index (χ4v) is 7.65. The Labute approximate surface area is 254 Å². The number of carbonyl (C=O) groups is 3. The maximum Gasteiger partial charge on any atom is 0.255 e. The highest BCUT2D eigenvalue weighted by Gasteiger charge is 2.64. The van der Waals surface area contributed by atoms with Crippen molar-refractivity contribution in [1.82, 2.24) is 9.80 Å². The molecule has 0 unspecified atom stereocenters. The second-order valence-electron chi connectivity index (χ2n) is 12.8. The third-order valence-electron chi connectivity index (χ3n) is 9.68. The molecule has 3 aliphatic carbocycles. The van der Waals surface area contributed by atoms with Crippen molar-refractivity contribution in [2.24, 2.45) is 17.6 Å². The molecule has 1 aliphatic heterocycles. The zero-order valence-corrected chi connectivity index (χ0v) is 25.3. The fourth-order valence-electron chi connectivity index (χ4n) is 7.65. The number of rotatable bonds is 6. The highest BCUT2D eigenvalue weighted by atomic mass is 16.4. The number of likely N-dealkylation sites (N-methyl/N-ethyl adjacent to an activating group) is 1. The lowest BCUT2D eigenvalue weighted by atomic mass is 9.57. The molecule has 12 nitrogen and oxygen atoms in total. The average Bonchev–Trinajstić information content (AvgIpc) is 3.63. The van der Waals surface area contributed by atoms with E-state index in [1.165, 1.54) is 4.90 Å². The maximum atomic E-state index is 14.2. The van der Waals surface area contributed by atoms with Gasteiger partial charge in [0.2, 0.25) is 5.78 Å². The molecule has 44 heavy (non-hydrogen) atoms. The van der Waals surface area contributed by atoms with E-state index in [2.05, 4.69) is 4.90 Å². The number of likely N-dealkylation sites (tertiary alicyclic amines) is 1. The number of furan rings is 1. The van der Waals surface area contributed by atoms with E-state index in [1.54, 1.807) is 26.2 Å². The number of aromatic hydroxyl groups is 1. The predicted octanol–water partition coefficient (Wildman–Crippen LogP) is 1.89. The molecule has 4 atom stereocenters. The minimum atomic E-state index is -2.69. The van der Waals surface area contributed by atoms with E-state index in [-0.39, 0.29) is 29.7 Å². The number of primary amides is 1. The molecule has 1 aromatic heterocycles. The van der Waals surface area contributed by atoms with Crippen LogP contribution in [0.4, 0.5) is 5.69 Å². The first-order valence-electron chi connectivity index (χ1n) is 14.8. The number of phenols is 1. The number of carbonyl (C=O) groups excluding carboxylic acids is 3. The Morgan fingerprint density at radius 2 is 1.80 bits per heavy atom. The van der Waals surface area contributed by atoms with Crippen LogP contribution in [0.5, 0.6) is 5.75 Å². The molecule has 6 rings (SSSR count). The minimum absolute atomic E-state index is 0.0270. The summed E-state index contributed by atoms with van der Waals surface area (Å²) in [6.07, 6.45) is 2.50. The van der Waals surface area contributed by atoms with Gasteiger partial charge in [-0.15, -0.1) is 0 Å². The van der Waals surface area contributed by atoms with Crippen LogP contribution in [0.3, 0.4) is 0 Å². The lowest BCUT2D eigenvalue weighted by molar-refractivity contribution is -0.153. The molecule has 1 amide bonds. The van der Waals surface area contributed by atoms with Crippen molar-refractivity contribution in [1.29, 1.82) is 0 Å². The molecule has 0 bridgehead atoms. The number of Topliss-reactive ketones (excluding diaryl/α,β-unsaturated/α-hetero) is 2. The van der Waals surface area contributed by atoms with E-state index in [4.69, 9.17) is 10.2 Å². The largest absolute Gasteiger partial charge is 0.508 e. The van der Waals surface area contributed by atoms with Crippen LogP contribution in [0.2, 0.25) is 0 Å². The Kier molecular flexibility index (Phi) is 7.14. The van der Waals surface area contributed by atoms with Gasteiger partial charge in [0, 0.05) is 31.3 Å². The lowest BCUT2D eigenvalue weighted by Crippen LogP contribution is -2.65. The molecule has 4 aliphatic rings. The van der Waals surface area contributed by atoms with Crippen LogP contribution >= 0.6 is 0 Å². The van der Waals surface area contributed by atoms with E-state index >= 15 is 0 Å². The van der Waals surface area contributed by atoms with Gasteiger partial charge in [0.1, 0.15) is 34.4 Å². The molecule has 6 N–H and O–H groups in total. The van der Waals surface area contributed by atoms with Gasteiger partial charge in [0.15, 0.2) is 11.4 Å². The first-order valence-corrected chi connectivity index (χ1v) is 14.8.